The highest BCUT2D eigenvalue weighted by atomic mass is 15.0. The van der Waals surface area contributed by atoms with Crippen LogP contribution in [0.2, 0.25) is 0 Å². The van der Waals surface area contributed by atoms with Crippen molar-refractivity contribution in [1.29, 1.82) is 0 Å². The van der Waals surface area contributed by atoms with E-state index in [0.29, 0.717) is 0 Å². The van der Waals surface area contributed by atoms with Crippen molar-refractivity contribution >= 4 is 21.8 Å². The molecule has 0 spiro atoms. The molecule has 0 saturated heterocycles. The van der Waals surface area contributed by atoms with Crippen LogP contribution in [0.1, 0.15) is 25.0 Å². The van der Waals surface area contributed by atoms with Crippen LogP contribution in [0.5, 0.6) is 0 Å². The van der Waals surface area contributed by atoms with Gasteiger partial charge in [0, 0.05) is 56.5 Å². The minimum Gasteiger partial charge on any atom is -0.309 e. The van der Waals surface area contributed by atoms with Crippen LogP contribution in [-0.2, 0) is 5.41 Å². The molecule has 3 heterocycles. The molecule has 0 bridgehead atoms. The van der Waals surface area contributed by atoms with Crippen LogP contribution in [-0.4, -0.2) is 19.5 Å². The van der Waals surface area contributed by atoms with Crippen molar-refractivity contribution in [1.82, 2.24) is 19.5 Å². The first kappa shape index (κ1) is 26.5. The first-order chi connectivity index (χ1) is 22.6. The van der Waals surface area contributed by atoms with E-state index < -0.39 is 0 Å². The molecule has 0 saturated carbocycles. The lowest BCUT2D eigenvalue weighted by Crippen LogP contribution is -2.17. The molecule has 0 amide bonds. The van der Waals surface area contributed by atoms with Gasteiger partial charge in [0.15, 0.2) is 5.82 Å². The van der Waals surface area contributed by atoms with Crippen LogP contribution in [0.4, 0.5) is 0 Å². The third kappa shape index (κ3) is 3.97. The summed E-state index contributed by atoms with van der Waals surface area (Å²) in [4.78, 5) is 14.9. The van der Waals surface area contributed by atoms with Crippen LogP contribution in [0, 0.1) is 0 Å². The Labute approximate surface area is 267 Å². The molecule has 5 aromatic carbocycles. The minimum atomic E-state index is -0.262. The molecule has 1 aliphatic carbocycles. The molecule has 46 heavy (non-hydrogen) atoms. The molecule has 0 atom stereocenters. The normalized spacial score (nSPS) is 13.2. The van der Waals surface area contributed by atoms with E-state index in [4.69, 9.17) is 9.97 Å². The first-order valence-corrected chi connectivity index (χ1v) is 15.7. The van der Waals surface area contributed by atoms with Crippen LogP contribution in [0.15, 0.2) is 146 Å². The predicted molar refractivity (Wildman–Crippen MR) is 188 cm³/mol. The summed E-state index contributed by atoms with van der Waals surface area (Å²) < 4.78 is 2.37. The molecule has 3 aromatic heterocycles. The standard InChI is InChI=1S/C42H30N4/c1-42(2)35-18-6-3-17-34(35)40-38(42)39(44-41(45-40)30-13-9-11-28(25-30)27-21-23-43-24-22-27)29-12-10-14-31(26-29)46-36-19-7-4-15-32(36)33-16-5-8-20-37(33)46/h3-26H,1-2H3. The largest absolute Gasteiger partial charge is 0.309 e. The zero-order chi connectivity index (χ0) is 30.8. The Bertz CT molecular complexity index is 2400. The van der Waals surface area contributed by atoms with Crippen molar-refractivity contribution in [3.8, 4) is 50.7 Å². The fraction of sp³-hybridized carbons (Fsp3) is 0.0714. The third-order valence-electron chi connectivity index (χ3n) is 9.48. The Morgan fingerprint density at radius 2 is 1.15 bits per heavy atom. The maximum absolute atomic E-state index is 5.41. The summed E-state index contributed by atoms with van der Waals surface area (Å²) in [5, 5.41) is 2.50. The molecule has 0 fully saturated rings. The van der Waals surface area contributed by atoms with Gasteiger partial charge in [-0.15, -0.1) is 0 Å². The number of fused-ring (bicyclic) bond motifs is 6. The SMILES string of the molecule is CC1(C)c2ccccc2-c2nc(-c3cccc(-c4ccncc4)c3)nc(-c3cccc(-n4c5ccccc5c5ccccc54)c3)c21. The maximum atomic E-state index is 5.41. The van der Waals surface area contributed by atoms with Crippen LogP contribution < -0.4 is 0 Å². The topological polar surface area (TPSA) is 43.6 Å². The summed E-state index contributed by atoms with van der Waals surface area (Å²) in [6.07, 6.45) is 3.66. The molecule has 0 unspecified atom stereocenters. The van der Waals surface area contributed by atoms with Crippen LogP contribution in [0.3, 0.4) is 0 Å². The maximum Gasteiger partial charge on any atom is 0.160 e. The fourth-order valence-corrected chi connectivity index (χ4v) is 7.33. The number of pyridine rings is 1. The van der Waals surface area contributed by atoms with E-state index >= 15 is 0 Å². The Morgan fingerprint density at radius 1 is 0.522 bits per heavy atom. The van der Waals surface area contributed by atoms with Gasteiger partial charge in [0.05, 0.1) is 22.4 Å². The number of rotatable bonds is 4. The van der Waals surface area contributed by atoms with Gasteiger partial charge in [-0.1, -0.05) is 105 Å². The summed E-state index contributed by atoms with van der Waals surface area (Å²) in [5.74, 6) is 0.722. The molecule has 4 heteroatoms. The predicted octanol–water partition coefficient (Wildman–Crippen LogP) is 10.3. The van der Waals surface area contributed by atoms with E-state index in [9.17, 15) is 0 Å². The Morgan fingerprint density at radius 3 is 1.93 bits per heavy atom. The lowest BCUT2D eigenvalue weighted by Gasteiger charge is -2.24. The smallest absolute Gasteiger partial charge is 0.160 e. The second kappa shape index (κ2) is 10.1. The highest BCUT2D eigenvalue weighted by molar-refractivity contribution is 6.09. The fourth-order valence-electron chi connectivity index (χ4n) is 7.33. The monoisotopic (exact) mass is 590 g/mol. The van der Waals surface area contributed by atoms with E-state index in [0.717, 1.165) is 45.2 Å². The molecule has 0 N–H and O–H groups in total. The third-order valence-corrected chi connectivity index (χ3v) is 9.48. The zero-order valence-electron chi connectivity index (χ0n) is 25.6. The van der Waals surface area contributed by atoms with Crippen molar-refractivity contribution < 1.29 is 0 Å². The second-order valence-electron chi connectivity index (χ2n) is 12.5. The minimum absolute atomic E-state index is 0.262. The number of hydrogen-bond acceptors (Lipinski definition) is 3. The number of nitrogens with zero attached hydrogens (tertiary/aromatic N) is 4. The van der Waals surface area contributed by atoms with E-state index in [2.05, 4.69) is 145 Å². The van der Waals surface area contributed by atoms with Crippen molar-refractivity contribution in [2.75, 3.05) is 0 Å². The molecule has 0 aliphatic heterocycles. The average molecular weight is 591 g/mol. The molecule has 0 radical (unpaired) electrons. The molecular weight excluding hydrogens is 560 g/mol. The van der Waals surface area contributed by atoms with Gasteiger partial charge >= 0.3 is 0 Å². The van der Waals surface area contributed by atoms with Gasteiger partial charge in [-0.3, -0.25) is 4.98 Å². The highest BCUT2D eigenvalue weighted by Gasteiger charge is 2.40. The van der Waals surface area contributed by atoms with Crippen LogP contribution >= 0.6 is 0 Å². The number of hydrogen-bond donors (Lipinski definition) is 0. The van der Waals surface area contributed by atoms with E-state index in [1.807, 2.05) is 24.5 Å². The average Bonchev–Trinajstić information content (AvgIpc) is 3.57. The lowest BCUT2D eigenvalue weighted by atomic mass is 9.81. The summed E-state index contributed by atoms with van der Waals surface area (Å²) in [6.45, 7) is 4.59. The molecule has 9 rings (SSSR count). The van der Waals surface area contributed by atoms with Gasteiger partial charge in [-0.05, 0) is 59.2 Å². The summed E-state index contributed by atoms with van der Waals surface area (Å²) in [7, 11) is 0. The van der Waals surface area contributed by atoms with Gasteiger partial charge in [0.2, 0.25) is 0 Å². The first-order valence-electron chi connectivity index (χ1n) is 15.7. The van der Waals surface area contributed by atoms with Crippen molar-refractivity contribution in [2.45, 2.75) is 19.3 Å². The summed E-state index contributed by atoms with van der Waals surface area (Å²) >= 11 is 0. The highest BCUT2D eigenvalue weighted by Crippen LogP contribution is 2.51. The Hall–Kier alpha value is -5.87. The molecule has 218 valence electrons. The van der Waals surface area contributed by atoms with E-state index in [1.165, 1.54) is 38.5 Å². The van der Waals surface area contributed by atoms with Gasteiger partial charge in [-0.2, -0.15) is 0 Å². The second-order valence-corrected chi connectivity index (χ2v) is 12.5. The lowest BCUT2D eigenvalue weighted by molar-refractivity contribution is 0.658. The molecular formula is C42H30N4. The van der Waals surface area contributed by atoms with Gasteiger partial charge < -0.3 is 4.57 Å². The van der Waals surface area contributed by atoms with Gasteiger partial charge in [0.25, 0.3) is 0 Å². The van der Waals surface area contributed by atoms with E-state index in [-0.39, 0.29) is 5.41 Å². The van der Waals surface area contributed by atoms with Gasteiger partial charge in [0.1, 0.15) is 0 Å². The van der Waals surface area contributed by atoms with E-state index in [1.54, 1.807) is 0 Å². The van der Waals surface area contributed by atoms with Crippen molar-refractivity contribution in [3.05, 3.63) is 157 Å². The number of benzene rings is 5. The van der Waals surface area contributed by atoms with Crippen molar-refractivity contribution in [2.24, 2.45) is 0 Å². The molecule has 4 nitrogen and oxygen atoms in total. The van der Waals surface area contributed by atoms with Crippen molar-refractivity contribution in [3.63, 3.8) is 0 Å². The Balaban J connectivity index is 1.29. The Kier molecular flexibility index (Phi) is 5.81. The number of para-hydroxylation sites is 2. The zero-order valence-corrected chi connectivity index (χ0v) is 25.6. The molecule has 8 aromatic rings. The van der Waals surface area contributed by atoms with Gasteiger partial charge in [-0.25, -0.2) is 9.97 Å². The summed E-state index contributed by atoms with van der Waals surface area (Å²) in [6, 6.07) is 47.4. The quantitative estimate of drug-likeness (QED) is 0.205. The summed E-state index contributed by atoms with van der Waals surface area (Å²) in [5.41, 5.74) is 13.1. The van der Waals surface area contributed by atoms with Crippen LogP contribution in [0.25, 0.3) is 72.5 Å². The number of aromatic nitrogens is 4. The molecule has 1 aliphatic rings.